The number of ether oxygens (including phenoxy) is 3. The summed E-state index contributed by atoms with van der Waals surface area (Å²) in [6, 6.07) is 0. The Labute approximate surface area is 493 Å². The number of carbonyl (C=O) groups is 3. The summed E-state index contributed by atoms with van der Waals surface area (Å²) in [5.74, 6) is -0.998. The van der Waals surface area contributed by atoms with Crippen molar-refractivity contribution in [3.8, 4) is 0 Å². The lowest BCUT2D eigenvalue weighted by Gasteiger charge is -2.18. The highest BCUT2D eigenvalue weighted by molar-refractivity contribution is 5.71. The molecule has 0 N–H and O–H groups in total. The van der Waals surface area contributed by atoms with Crippen molar-refractivity contribution in [1.29, 1.82) is 0 Å². The Balaban J connectivity index is 4.41. The molecule has 0 aromatic rings. The zero-order valence-electron chi connectivity index (χ0n) is 51.8. The second-order valence-corrected chi connectivity index (χ2v) is 21.3. The van der Waals surface area contributed by atoms with E-state index in [1.54, 1.807) is 0 Å². The molecule has 0 aliphatic rings. The van der Waals surface area contributed by atoms with Crippen LogP contribution in [0.15, 0.2) is 146 Å². The van der Waals surface area contributed by atoms with Gasteiger partial charge in [-0.3, -0.25) is 14.4 Å². The van der Waals surface area contributed by atoms with Crippen LogP contribution in [0.5, 0.6) is 0 Å². The Morgan fingerprint density at radius 2 is 0.512 bits per heavy atom. The standard InChI is InChI=1S/C74H120O6/c1-4-7-10-13-16-19-22-25-28-30-32-33-34-35-36-37-38-39-40-41-43-44-46-49-52-55-58-61-64-67-73(76)79-70-71(69-78-72(75)66-63-60-57-54-51-48-27-24-21-18-15-12-9-6-3)80-74(77)68-65-62-59-56-53-50-47-45-42-31-29-26-23-20-17-14-11-8-5-2/h7-8,10-11,16-17,19-20,25-26,28-29,32-33,35-36,38-39,42,45,50,53,59,62,71H,4-6,9,12-15,18,21-24,27,30-31,34,37,40-41,43-44,46-49,51-52,54-58,60-61,63-70H2,1-3H3/b10-7-,11-8-,19-16-,20-17-,28-25-,29-26-,33-32-,36-35-,39-38-,45-42-,53-50-,62-59-. The molecule has 6 heteroatoms. The van der Waals surface area contributed by atoms with Crippen molar-refractivity contribution >= 4 is 17.9 Å². The molecule has 0 amide bonds. The molecule has 0 fully saturated rings. The average molecular weight is 1110 g/mol. The summed E-state index contributed by atoms with van der Waals surface area (Å²) in [6.07, 6.45) is 95.8. The van der Waals surface area contributed by atoms with Crippen LogP contribution in [0.3, 0.4) is 0 Å². The normalized spacial score (nSPS) is 13.1. The van der Waals surface area contributed by atoms with Crippen molar-refractivity contribution in [2.24, 2.45) is 0 Å². The highest BCUT2D eigenvalue weighted by atomic mass is 16.6. The van der Waals surface area contributed by atoms with Gasteiger partial charge in [-0.2, -0.15) is 0 Å². The minimum atomic E-state index is -0.825. The molecule has 0 rings (SSSR count). The molecule has 6 nitrogen and oxygen atoms in total. The van der Waals surface area contributed by atoms with Crippen molar-refractivity contribution in [3.63, 3.8) is 0 Å². The van der Waals surface area contributed by atoms with Crippen LogP contribution in [-0.4, -0.2) is 37.2 Å². The van der Waals surface area contributed by atoms with E-state index in [-0.39, 0.29) is 31.6 Å². The van der Waals surface area contributed by atoms with Gasteiger partial charge in [0.25, 0.3) is 0 Å². The molecule has 452 valence electrons. The van der Waals surface area contributed by atoms with Crippen LogP contribution in [0.2, 0.25) is 0 Å². The number of rotatable bonds is 58. The van der Waals surface area contributed by atoms with Gasteiger partial charge in [-0.25, -0.2) is 0 Å². The molecule has 0 heterocycles. The Bertz CT molecular complexity index is 1750. The van der Waals surface area contributed by atoms with E-state index in [0.717, 1.165) is 122 Å². The molecule has 0 saturated carbocycles. The zero-order chi connectivity index (χ0) is 57.8. The fraction of sp³-hybridized carbons (Fsp3) is 0.635. The third-order valence-electron chi connectivity index (χ3n) is 13.6. The van der Waals surface area contributed by atoms with Crippen LogP contribution in [0.25, 0.3) is 0 Å². The van der Waals surface area contributed by atoms with Crippen LogP contribution < -0.4 is 0 Å². The number of allylic oxidation sites excluding steroid dienone is 24. The van der Waals surface area contributed by atoms with Gasteiger partial charge in [-0.05, 0) is 109 Å². The monoisotopic (exact) mass is 1100 g/mol. The second kappa shape index (κ2) is 66.8. The maximum Gasteiger partial charge on any atom is 0.306 e. The highest BCUT2D eigenvalue weighted by Gasteiger charge is 2.19. The van der Waals surface area contributed by atoms with E-state index in [1.807, 2.05) is 6.08 Å². The summed E-state index contributed by atoms with van der Waals surface area (Å²) in [4.78, 5) is 38.3. The maximum absolute atomic E-state index is 12.9. The van der Waals surface area contributed by atoms with Gasteiger partial charge in [0.2, 0.25) is 0 Å². The minimum Gasteiger partial charge on any atom is -0.462 e. The predicted molar refractivity (Wildman–Crippen MR) is 348 cm³/mol. The number of hydrogen-bond donors (Lipinski definition) is 0. The third-order valence-corrected chi connectivity index (χ3v) is 13.6. The summed E-state index contributed by atoms with van der Waals surface area (Å²) in [7, 11) is 0. The summed E-state index contributed by atoms with van der Waals surface area (Å²) in [5, 5.41) is 0. The molecule has 0 saturated heterocycles. The summed E-state index contributed by atoms with van der Waals surface area (Å²) in [6.45, 7) is 6.36. The largest absolute Gasteiger partial charge is 0.462 e. The van der Waals surface area contributed by atoms with E-state index in [0.29, 0.717) is 19.3 Å². The lowest BCUT2D eigenvalue weighted by atomic mass is 10.0. The maximum atomic E-state index is 12.9. The number of carbonyl (C=O) groups excluding carboxylic acids is 3. The van der Waals surface area contributed by atoms with E-state index in [2.05, 4.69) is 161 Å². The molecule has 0 radical (unpaired) electrons. The Morgan fingerprint density at radius 3 is 0.812 bits per heavy atom. The Hall–Kier alpha value is -4.71. The van der Waals surface area contributed by atoms with Crippen LogP contribution >= 0.6 is 0 Å². The molecule has 0 bridgehead atoms. The van der Waals surface area contributed by atoms with Gasteiger partial charge in [0.1, 0.15) is 13.2 Å². The third kappa shape index (κ3) is 64.1. The highest BCUT2D eigenvalue weighted by Crippen LogP contribution is 2.16. The number of unbranched alkanes of at least 4 members (excludes halogenated alkanes) is 23. The Kier molecular flexibility index (Phi) is 62.9. The zero-order valence-corrected chi connectivity index (χ0v) is 51.8. The summed E-state index contributed by atoms with van der Waals surface area (Å²) < 4.78 is 16.9. The molecule has 0 spiro atoms. The van der Waals surface area contributed by atoms with Gasteiger partial charge in [0.15, 0.2) is 6.10 Å². The Morgan fingerprint density at radius 1 is 0.263 bits per heavy atom. The molecule has 1 atom stereocenters. The molecule has 0 aromatic carbocycles. The molecule has 0 aliphatic heterocycles. The van der Waals surface area contributed by atoms with Gasteiger partial charge < -0.3 is 14.2 Å². The fourth-order valence-corrected chi connectivity index (χ4v) is 8.77. The SMILES string of the molecule is CC/C=C\C/C=C\C/C=C\C/C=C\C/C=C\C/C=C\CCCCCCCCCCCCC(=O)OCC(COC(=O)CCCCCCCCCCCCCCCC)OC(=O)CC/C=C\C/C=C\C/C=C\C/C=C\C/C=C\C/C=C\CC. The smallest absolute Gasteiger partial charge is 0.306 e. The second-order valence-electron chi connectivity index (χ2n) is 21.3. The average Bonchev–Trinajstić information content (AvgIpc) is 3.46. The first-order valence-corrected chi connectivity index (χ1v) is 32.8. The van der Waals surface area contributed by atoms with E-state index < -0.39 is 12.1 Å². The van der Waals surface area contributed by atoms with Gasteiger partial charge in [0.05, 0.1) is 0 Å². The van der Waals surface area contributed by atoms with Crippen LogP contribution in [0.1, 0.15) is 284 Å². The van der Waals surface area contributed by atoms with E-state index >= 15 is 0 Å². The molecular weight excluding hydrogens is 985 g/mol. The predicted octanol–water partition coefficient (Wildman–Crippen LogP) is 22.7. The molecule has 1 unspecified atom stereocenters. The van der Waals surface area contributed by atoms with Gasteiger partial charge in [-0.15, -0.1) is 0 Å². The quantitative estimate of drug-likeness (QED) is 0.0261. The topological polar surface area (TPSA) is 78.9 Å². The van der Waals surface area contributed by atoms with Crippen molar-refractivity contribution in [2.45, 2.75) is 290 Å². The summed E-state index contributed by atoms with van der Waals surface area (Å²) in [5.41, 5.74) is 0. The van der Waals surface area contributed by atoms with E-state index in [4.69, 9.17) is 14.2 Å². The lowest BCUT2D eigenvalue weighted by molar-refractivity contribution is -0.166. The van der Waals surface area contributed by atoms with Crippen LogP contribution in [0, 0.1) is 0 Å². The van der Waals surface area contributed by atoms with Gasteiger partial charge in [-0.1, -0.05) is 301 Å². The molecular formula is C74H120O6. The van der Waals surface area contributed by atoms with Crippen LogP contribution in [0.4, 0.5) is 0 Å². The van der Waals surface area contributed by atoms with Crippen LogP contribution in [-0.2, 0) is 28.6 Å². The van der Waals surface area contributed by atoms with Crippen molar-refractivity contribution in [1.82, 2.24) is 0 Å². The number of hydrogen-bond acceptors (Lipinski definition) is 6. The lowest BCUT2D eigenvalue weighted by Crippen LogP contribution is -2.30. The van der Waals surface area contributed by atoms with E-state index in [9.17, 15) is 14.4 Å². The summed E-state index contributed by atoms with van der Waals surface area (Å²) >= 11 is 0. The first-order valence-electron chi connectivity index (χ1n) is 32.8. The fourth-order valence-electron chi connectivity index (χ4n) is 8.77. The molecule has 0 aromatic heterocycles. The van der Waals surface area contributed by atoms with Crippen molar-refractivity contribution < 1.29 is 28.6 Å². The van der Waals surface area contributed by atoms with Gasteiger partial charge >= 0.3 is 17.9 Å². The first-order chi connectivity index (χ1) is 39.5. The van der Waals surface area contributed by atoms with Gasteiger partial charge in [0, 0.05) is 19.3 Å². The molecule has 80 heavy (non-hydrogen) atoms. The first kappa shape index (κ1) is 75.3. The van der Waals surface area contributed by atoms with Crippen molar-refractivity contribution in [3.05, 3.63) is 146 Å². The minimum absolute atomic E-state index is 0.111. The van der Waals surface area contributed by atoms with Crippen molar-refractivity contribution in [2.75, 3.05) is 13.2 Å². The van der Waals surface area contributed by atoms with E-state index in [1.165, 1.54) is 116 Å². The molecule has 0 aliphatic carbocycles. The number of esters is 3.